The van der Waals surface area contributed by atoms with Crippen LogP contribution in [-0.2, 0) is 11.0 Å². The van der Waals surface area contributed by atoms with E-state index in [1.807, 2.05) is 0 Å². The van der Waals surface area contributed by atoms with Crippen molar-refractivity contribution in [1.29, 1.82) is 0 Å². The molecule has 6 rings (SSSR count). The van der Waals surface area contributed by atoms with Crippen molar-refractivity contribution >= 4 is 17.9 Å². The zero-order valence-electron chi connectivity index (χ0n) is 19.5. The first-order valence-corrected chi connectivity index (χ1v) is 11.5. The molecule has 0 radical (unpaired) electrons. The summed E-state index contributed by atoms with van der Waals surface area (Å²) in [5, 5.41) is 49.4. The van der Waals surface area contributed by atoms with E-state index < -0.39 is 52.1 Å². The van der Waals surface area contributed by atoms with E-state index in [-0.39, 0.29) is 5.56 Å². The monoisotopic (exact) mass is 521 g/mol. The molecule has 2 aromatic rings. The predicted molar refractivity (Wildman–Crippen MR) is 116 cm³/mol. The van der Waals surface area contributed by atoms with Crippen molar-refractivity contribution in [1.82, 2.24) is 0 Å². The van der Waals surface area contributed by atoms with Gasteiger partial charge in [-0.3, -0.25) is 0 Å². The van der Waals surface area contributed by atoms with Crippen LogP contribution in [0, 0.1) is 23.2 Å². The second kappa shape index (κ2) is 10.7. The molecule has 4 saturated carbocycles. The zero-order valence-corrected chi connectivity index (χ0v) is 19.5. The standard InChI is InChI=1S/C11H16O2.C8H5F3O3.C7H6O3/c12-10(13)11-4-7-1-8(5-11)3-9(2-7)6-11;9-8(10,11)4-1-2-6(12)5(3-4)7(13)14;8-6-4-2-1-3-5(6)7(9)10/h7-9H,1-6H2,(H,12,13);1-3,12H,(H,13,14);1-4,8H,(H,9,10)/p-3. The normalized spacial score (nSPS) is 25.2. The predicted octanol–water partition coefficient (Wildman–Crippen LogP) is 2.89. The fourth-order valence-electron chi connectivity index (χ4n) is 5.88. The third-order valence-corrected chi connectivity index (χ3v) is 7.13. The molecule has 8 nitrogen and oxygen atoms in total. The SMILES string of the molecule is O=C(O)c1cc(C(F)(F)F)ccc1[O-].O=C(O)c1ccccc1[O-].O=C([O-])C12CC3CC(CC(C3)C1)C2. The Morgan fingerprint density at radius 2 is 1.24 bits per heavy atom. The van der Waals surface area contributed by atoms with Crippen molar-refractivity contribution in [2.75, 3.05) is 0 Å². The van der Waals surface area contributed by atoms with Crippen LogP contribution in [-0.4, -0.2) is 28.1 Å². The van der Waals surface area contributed by atoms with Gasteiger partial charge in [0.25, 0.3) is 0 Å². The summed E-state index contributed by atoms with van der Waals surface area (Å²) in [6.45, 7) is 0. The molecule has 200 valence electrons. The fourth-order valence-corrected chi connectivity index (χ4v) is 5.88. The molecule has 4 aliphatic rings. The number of carbonyl (C=O) groups is 3. The molecule has 2 aromatic carbocycles. The Labute approximate surface area is 210 Å². The second-order valence-corrected chi connectivity index (χ2v) is 9.80. The van der Waals surface area contributed by atoms with Crippen LogP contribution in [0.5, 0.6) is 11.5 Å². The molecule has 11 heteroatoms. The van der Waals surface area contributed by atoms with Crippen molar-refractivity contribution in [3.63, 3.8) is 0 Å². The van der Waals surface area contributed by atoms with Crippen molar-refractivity contribution < 1.29 is 53.1 Å². The maximum atomic E-state index is 12.1. The molecule has 0 atom stereocenters. The van der Waals surface area contributed by atoms with E-state index in [4.69, 9.17) is 10.2 Å². The topological polar surface area (TPSA) is 161 Å². The lowest BCUT2D eigenvalue weighted by atomic mass is 9.49. The third-order valence-electron chi connectivity index (χ3n) is 7.13. The molecule has 0 heterocycles. The highest BCUT2D eigenvalue weighted by Gasteiger charge is 2.51. The number of rotatable bonds is 3. The first-order valence-electron chi connectivity index (χ1n) is 11.5. The van der Waals surface area contributed by atoms with Gasteiger partial charge in [-0.15, -0.1) is 0 Å². The highest BCUT2D eigenvalue weighted by molar-refractivity contribution is 5.91. The average Bonchev–Trinajstić information content (AvgIpc) is 2.78. The van der Waals surface area contributed by atoms with Crippen molar-refractivity contribution in [3.05, 3.63) is 59.2 Å². The van der Waals surface area contributed by atoms with Crippen LogP contribution in [0.15, 0.2) is 42.5 Å². The Balaban J connectivity index is 0.000000156. The Morgan fingerprint density at radius 1 is 0.784 bits per heavy atom. The maximum Gasteiger partial charge on any atom is 0.416 e. The fraction of sp³-hybridized carbons (Fsp3) is 0.423. The number of alkyl halides is 3. The van der Waals surface area contributed by atoms with Crippen LogP contribution in [0.1, 0.15) is 64.8 Å². The van der Waals surface area contributed by atoms with Gasteiger partial charge in [-0.2, -0.15) is 13.2 Å². The van der Waals surface area contributed by atoms with Gasteiger partial charge in [0, 0.05) is 11.4 Å². The van der Waals surface area contributed by atoms with Gasteiger partial charge < -0.3 is 30.3 Å². The van der Waals surface area contributed by atoms with Crippen LogP contribution in [0.2, 0.25) is 0 Å². The number of hydrogen-bond donors (Lipinski definition) is 2. The molecule has 0 aromatic heterocycles. The smallest absolute Gasteiger partial charge is 0.416 e. The quantitative estimate of drug-likeness (QED) is 0.623. The van der Waals surface area contributed by atoms with Gasteiger partial charge in [-0.1, -0.05) is 41.8 Å². The van der Waals surface area contributed by atoms with Gasteiger partial charge in [0.2, 0.25) is 0 Å². The zero-order chi connectivity index (χ0) is 27.5. The van der Waals surface area contributed by atoms with E-state index in [1.54, 1.807) is 0 Å². The van der Waals surface area contributed by atoms with E-state index in [0.717, 1.165) is 19.3 Å². The van der Waals surface area contributed by atoms with Crippen molar-refractivity contribution in [3.8, 4) is 11.5 Å². The summed E-state index contributed by atoms with van der Waals surface area (Å²) in [6.07, 6.45) is 2.01. The Morgan fingerprint density at radius 3 is 1.62 bits per heavy atom. The van der Waals surface area contributed by atoms with E-state index in [9.17, 15) is 42.9 Å². The summed E-state index contributed by atoms with van der Waals surface area (Å²) >= 11 is 0. The molecule has 2 N–H and O–H groups in total. The number of hydrogen-bond acceptors (Lipinski definition) is 6. The molecule has 0 aliphatic heterocycles. The van der Waals surface area contributed by atoms with E-state index >= 15 is 0 Å². The second-order valence-electron chi connectivity index (χ2n) is 9.80. The van der Waals surface area contributed by atoms with Gasteiger partial charge in [-0.05, 0) is 68.4 Å². The van der Waals surface area contributed by atoms with Crippen LogP contribution in [0.4, 0.5) is 13.2 Å². The van der Waals surface area contributed by atoms with E-state index in [0.29, 0.717) is 36.0 Å². The molecular weight excluding hydrogens is 497 g/mol. The first kappa shape index (κ1) is 27.8. The van der Waals surface area contributed by atoms with Gasteiger partial charge >= 0.3 is 18.1 Å². The van der Waals surface area contributed by atoms with Crippen LogP contribution in [0.25, 0.3) is 0 Å². The first-order chi connectivity index (χ1) is 17.2. The molecular formula is C26H24F3O8-3. The van der Waals surface area contributed by atoms with E-state index in [1.165, 1.54) is 43.5 Å². The largest absolute Gasteiger partial charge is 0.872 e. The Kier molecular flexibility index (Phi) is 8.04. The number of halogens is 3. The molecule has 0 unspecified atom stereocenters. The number of para-hydroxylation sites is 1. The molecule has 4 bridgehead atoms. The van der Waals surface area contributed by atoms with Gasteiger partial charge in [0.15, 0.2) is 0 Å². The van der Waals surface area contributed by atoms with Crippen LogP contribution >= 0.6 is 0 Å². The minimum atomic E-state index is -4.64. The van der Waals surface area contributed by atoms with Crippen molar-refractivity contribution in [2.24, 2.45) is 23.2 Å². The Bertz CT molecular complexity index is 1140. The molecule has 4 aliphatic carbocycles. The van der Waals surface area contributed by atoms with Crippen LogP contribution in [0.3, 0.4) is 0 Å². The van der Waals surface area contributed by atoms with Gasteiger partial charge in [0.05, 0.1) is 16.7 Å². The van der Waals surface area contributed by atoms with Crippen molar-refractivity contribution in [2.45, 2.75) is 44.7 Å². The molecule has 0 saturated heterocycles. The molecule has 0 amide bonds. The highest BCUT2D eigenvalue weighted by atomic mass is 19.4. The number of carbonyl (C=O) groups excluding carboxylic acids is 1. The van der Waals surface area contributed by atoms with Gasteiger partial charge in [0.1, 0.15) is 0 Å². The maximum absolute atomic E-state index is 12.1. The average molecular weight is 521 g/mol. The lowest BCUT2D eigenvalue weighted by Gasteiger charge is -2.57. The van der Waals surface area contributed by atoms with Crippen LogP contribution < -0.4 is 15.3 Å². The minimum absolute atomic E-state index is 0.178. The number of aliphatic carboxylic acids is 1. The summed E-state index contributed by atoms with van der Waals surface area (Å²) in [7, 11) is 0. The number of aromatic carboxylic acids is 2. The summed E-state index contributed by atoms with van der Waals surface area (Å²) in [6, 6.07) is 7.00. The molecule has 4 fully saturated rings. The summed E-state index contributed by atoms with van der Waals surface area (Å²) < 4.78 is 36.2. The summed E-state index contributed by atoms with van der Waals surface area (Å²) in [5.74, 6) is -2.85. The third kappa shape index (κ3) is 6.52. The molecule has 37 heavy (non-hydrogen) atoms. The summed E-state index contributed by atoms with van der Waals surface area (Å²) in [4.78, 5) is 31.7. The number of carboxylic acid groups (broad SMARTS) is 3. The minimum Gasteiger partial charge on any atom is -0.872 e. The molecule has 0 spiro atoms. The lowest BCUT2D eigenvalue weighted by Crippen LogP contribution is -2.54. The number of carboxylic acids is 3. The summed E-state index contributed by atoms with van der Waals surface area (Å²) in [5.41, 5.74) is -2.59. The van der Waals surface area contributed by atoms with E-state index in [2.05, 4.69) is 0 Å². The number of benzene rings is 2. The lowest BCUT2D eigenvalue weighted by molar-refractivity contribution is -0.327. The highest BCUT2D eigenvalue weighted by Crippen LogP contribution is 2.59. The van der Waals surface area contributed by atoms with Gasteiger partial charge in [-0.25, -0.2) is 9.59 Å². The Hall–Kier alpha value is -3.76.